The topological polar surface area (TPSA) is 133 Å². The number of amides is 1. The molecule has 220 valence electrons. The number of rotatable bonds is 7. The lowest BCUT2D eigenvalue weighted by Gasteiger charge is -2.42. The molecular weight excluding hydrogens is 549 g/mol. The fourth-order valence-electron chi connectivity index (χ4n) is 6.17. The molecule has 0 bridgehead atoms. The maximum Gasteiger partial charge on any atom is 0.301 e. The van der Waals surface area contributed by atoms with Crippen LogP contribution in [0.3, 0.4) is 0 Å². The number of nitrogens with zero attached hydrogens (tertiary/aromatic N) is 5. The number of hydrogen-bond donors (Lipinski definition) is 3. The van der Waals surface area contributed by atoms with Crippen LogP contribution in [-0.4, -0.2) is 84.5 Å². The van der Waals surface area contributed by atoms with Gasteiger partial charge in [-0.1, -0.05) is 6.42 Å². The van der Waals surface area contributed by atoms with E-state index in [0.717, 1.165) is 87.9 Å². The molecule has 0 radical (unpaired) electrons. The van der Waals surface area contributed by atoms with E-state index in [1.54, 1.807) is 22.9 Å². The molecule has 1 saturated carbocycles. The van der Waals surface area contributed by atoms with Gasteiger partial charge in [0.2, 0.25) is 0 Å². The van der Waals surface area contributed by atoms with E-state index in [9.17, 15) is 22.7 Å². The van der Waals surface area contributed by atoms with Crippen molar-refractivity contribution in [3.05, 3.63) is 47.5 Å². The first-order chi connectivity index (χ1) is 19.7. The zero-order valence-corrected chi connectivity index (χ0v) is 23.9. The van der Waals surface area contributed by atoms with Gasteiger partial charge in [-0.25, -0.2) is 23.5 Å². The molecule has 3 N–H and O–H groups in total. The highest BCUT2D eigenvalue weighted by molar-refractivity contribution is 7.88. The summed E-state index contributed by atoms with van der Waals surface area (Å²) in [5.74, 6) is -0.968. The van der Waals surface area contributed by atoms with Crippen LogP contribution in [0.15, 0.2) is 30.3 Å². The number of carbonyl (C=O) groups is 1. The number of likely N-dealkylation sites (tertiary alicyclic amines) is 1. The molecule has 6 rings (SSSR count). The lowest BCUT2D eigenvalue weighted by atomic mass is 9.82. The first-order valence-electron chi connectivity index (χ1n) is 14.3. The Labute approximate surface area is 238 Å². The second-order valence-corrected chi connectivity index (χ2v) is 12.9. The Morgan fingerprint density at radius 3 is 2.32 bits per heavy atom. The molecule has 0 atom stereocenters. The summed E-state index contributed by atoms with van der Waals surface area (Å²) in [6.07, 6.45) is 6.35. The summed E-state index contributed by atoms with van der Waals surface area (Å²) >= 11 is 0. The van der Waals surface area contributed by atoms with E-state index >= 15 is 0 Å². The molecule has 3 aliphatic rings. The summed E-state index contributed by atoms with van der Waals surface area (Å²) in [4.78, 5) is 22.5. The Morgan fingerprint density at radius 1 is 1.02 bits per heavy atom. The van der Waals surface area contributed by atoms with E-state index in [0.29, 0.717) is 17.4 Å². The van der Waals surface area contributed by atoms with Crippen LogP contribution in [-0.2, 0) is 10.2 Å². The van der Waals surface area contributed by atoms with Crippen molar-refractivity contribution in [2.45, 2.75) is 63.0 Å². The molecule has 13 heteroatoms. The van der Waals surface area contributed by atoms with Gasteiger partial charge in [0.1, 0.15) is 11.5 Å². The number of nitrogens with one attached hydrogen (secondary N) is 2. The molecule has 2 aliphatic heterocycles. The zero-order chi connectivity index (χ0) is 28.7. The van der Waals surface area contributed by atoms with Gasteiger partial charge in [-0.05, 0) is 68.9 Å². The molecule has 2 saturated heterocycles. The first-order valence-corrected chi connectivity index (χ1v) is 15.8. The number of benzene rings is 1. The summed E-state index contributed by atoms with van der Waals surface area (Å²) in [6.45, 7) is 3.30. The van der Waals surface area contributed by atoms with Gasteiger partial charge in [-0.2, -0.15) is 13.5 Å². The van der Waals surface area contributed by atoms with Gasteiger partial charge in [-0.3, -0.25) is 4.79 Å². The van der Waals surface area contributed by atoms with Gasteiger partial charge < -0.3 is 14.9 Å². The molecular formula is C28H36FN7O4S. The summed E-state index contributed by atoms with van der Waals surface area (Å²) in [7, 11) is -2.82. The fourth-order valence-corrected chi connectivity index (χ4v) is 6.62. The first kappa shape index (κ1) is 28.0. The molecule has 4 heterocycles. The van der Waals surface area contributed by atoms with E-state index in [4.69, 9.17) is 5.10 Å². The summed E-state index contributed by atoms with van der Waals surface area (Å²) in [6, 6.07) is 8.05. The average molecular weight is 586 g/mol. The van der Waals surface area contributed by atoms with Crippen molar-refractivity contribution in [3.8, 4) is 5.69 Å². The number of aliphatic hydroxyl groups excluding tert-OH is 1. The van der Waals surface area contributed by atoms with Gasteiger partial charge in [0, 0.05) is 45.2 Å². The second kappa shape index (κ2) is 11.3. The fraction of sp³-hybridized carbons (Fsp3) is 0.536. The van der Waals surface area contributed by atoms with E-state index in [2.05, 4.69) is 19.5 Å². The van der Waals surface area contributed by atoms with Crippen LogP contribution in [0.1, 0.15) is 67.0 Å². The van der Waals surface area contributed by atoms with Crippen LogP contribution in [0, 0.1) is 5.82 Å². The number of fused-ring (bicyclic) bond motifs is 1. The molecule has 0 unspecified atom stereocenters. The SMILES string of the molecule is CNS(=O)(=O)NC(=O)c1cc(N2CCC(N3CCC(O)CC3)CC2)c2c(C3CCC3)nn(-c3ccc(F)cc3)c2n1. The van der Waals surface area contributed by atoms with Crippen LogP contribution in [0.2, 0.25) is 0 Å². The molecule has 1 amide bonds. The number of piperidine rings is 2. The van der Waals surface area contributed by atoms with Crippen LogP contribution in [0.25, 0.3) is 16.7 Å². The number of aliphatic hydroxyl groups is 1. The van der Waals surface area contributed by atoms with Crippen LogP contribution in [0.5, 0.6) is 0 Å². The predicted octanol–water partition coefficient (Wildman–Crippen LogP) is 2.45. The third-order valence-electron chi connectivity index (χ3n) is 8.76. The predicted molar refractivity (Wildman–Crippen MR) is 153 cm³/mol. The minimum Gasteiger partial charge on any atom is -0.393 e. The minimum absolute atomic E-state index is 0.0399. The van der Waals surface area contributed by atoms with Gasteiger partial charge >= 0.3 is 10.2 Å². The smallest absolute Gasteiger partial charge is 0.301 e. The molecule has 3 fully saturated rings. The minimum atomic E-state index is -4.04. The van der Waals surface area contributed by atoms with Gasteiger partial charge in [0.15, 0.2) is 5.65 Å². The lowest BCUT2D eigenvalue weighted by Crippen LogP contribution is -2.48. The zero-order valence-electron chi connectivity index (χ0n) is 23.1. The van der Waals surface area contributed by atoms with Crippen molar-refractivity contribution >= 4 is 32.8 Å². The van der Waals surface area contributed by atoms with Crippen molar-refractivity contribution in [2.24, 2.45) is 0 Å². The van der Waals surface area contributed by atoms with E-state index < -0.39 is 16.1 Å². The molecule has 1 aromatic carbocycles. The Balaban J connectivity index is 1.42. The van der Waals surface area contributed by atoms with Gasteiger partial charge in [-0.15, -0.1) is 0 Å². The van der Waals surface area contributed by atoms with E-state index in [-0.39, 0.29) is 23.5 Å². The molecule has 1 aliphatic carbocycles. The molecule has 3 aromatic rings. The van der Waals surface area contributed by atoms with E-state index in [1.165, 1.54) is 19.2 Å². The quantitative estimate of drug-likeness (QED) is 0.385. The lowest BCUT2D eigenvalue weighted by molar-refractivity contribution is 0.0542. The second-order valence-electron chi connectivity index (χ2n) is 11.3. The van der Waals surface area contributed by atoms with Crippen molar-refractivity contribution in [3.63, 3.8) is 0 Å². The number of carbonyl (C=O) groups excluding carboxylic acids is 1. The normalized spacial score (nSPS) is 19.9. The van der Waals surface area contributed by atoms with Crippen LogP contribution in [0.4, 0.5) is 10.1 Å². The van der Waals surface area contributed by atoms with E-state index in [1.807, 2.05) is 4.72 Å². The van der Waals surface area contributed by atoms with Crippen molar-refractivity contribution in [1.82, 2.24) is 29.1 Å². The number of halogens is 1. The Morgan fingerprint density at radius 2 is 1.71 bits per heavy atom. The van der Waals surface area contributed by atoms with Crippen molar-refractivity contribution in [2.75, 3.05) is 38.1 Å². The average Bonchev–Trinajstić information content (AvgIpc) is 3.31. The highest BCUT2D eigenvalue weighted by Crippen LogP contribution is 2.43. The summed E-state index contributed by atoms with van der Waals surface area (Å²) in [5, 5.41) is 15.7. The summed E-state index contributed by atoms with van der Waals surface area (Å²) in [5.41, 5.74) is 2.72. The summed E-state index contributed by atoms with van der Waals surface area (Å²) < 4.78 is 43.8. The molecule has 11 nitrogen and oxygen atoms in total. The maximum absolute atomic E-state index is 13.8. The largest absolute Gasteiger partial charge is 0.393 e. The van der Waals surface area contributed by atoms with Gasteiger partial charge in [0.25, 0.3) is 5.91 Å². The Bertz CT molecular complexity index is 1530. The molecule has 41 heavy (non-hydrogen) atoms. The maximum atomic E-state index is 13.8. The third-order valence-corrected chi connectivity index (χ3v) is 9.75. The number of aromatic nitrogens is 3. The number of pyridine rings is 1. The third kappa shape index (κ3) is 5.68. The highest BCUT2D eigenvalue weighted by Gasteiger charge is 2.33. The van der Waals surface area contributed by atoms with Gasteiger partial charge in [0.05, 0.1) is 28.6 Å². The monoisotopic (exact) mass is 585 g/mol. The standard InChI is InChI=1S/C28H36FN7O4S/c1-30-41(39,40)33-28(38)23-17-24(35-13-9-20(10-14-35)34-15-11-22(37)12-16-34)25-26(18-3-2-4-18)32-36(27(25)31-23)21-7-5-19(29)6-8-21/h5-8,17-18,20,22,30,37H,2-4,9-16H2,1H3,(H,33,38). The van der Waals surface area contributed by atoms with Crippen LogP contribution < -0.4 is 14.3 Å². The van der Waals surface area contributed by atoms with Crippen LogP contribution >= 0.6 is 0 Å². The Hall–Kier alpha value is -3.13. The van der Waals surface area contributed by atoms with Crippen molar-refractivity contribution < 1.29 is 22.7 Å². The molecule has 0 spiro atoms. The Kier molecular flexibility index (Phi) is 7.70. The number of anilines is 1. The molecule has 2 aromatic heterocycles. The number of hydrogen-bond acceptors (Lipinski definition) is 8. The van der Waals surface area contributed by atoms with Crippen molar-refractivity contribution in [1.29, 1.82) is 0 Å². The highest BCUT2D eigenvalue weighted by atomic mass is 32.2.